The molecule has 0 fully saturated rings. The van der Waals surface area contributed by atoms with E-state index in [0.29, 0.717) is 23.0 Å². The summed E-state index contributed by atoms with van der Waals surface area (Å²) >= 11 is 0. The molecule has 0 spiro atoms. The highest BCUT2D eigenvalue weighted by molar-refractivity contribution is 6.05. The van der Waals surface area contributed by atoms with Crippen molar-refractivity contribution in [2.75, 3.05) is 0 Å². The number of alkyl carbamates (subject to hydrolysis) is 1. The van der Waals surface area contributed by atoms with Crippen molar-refractivity contribution in [3.63, 3.8) is 0 Å². The smallest absolute Gasteiger partial charge is 0.408 e. The van der Waals surface area contributed by atoms with Gasteiger partial charge < -0.3 is 19.2 Å². The van der Waals surface area contributed by atoms with E-state index >= 15 is 0 Å². The van der Waals surface area contributed by atoms with Crippen molar-refractivity contribution in [2.24, 2.45) is 5.92 Å². The number of esters is 1. The van der Waals surface area contributed by atoms with E-state index in [1.54, 1.807) is 31.2 Å². The van der Waals surface area contributed by atoms with Crippen LogP contribution in [0.3, 0.4) is 0 Å². The molecule has 1 aromatic heterocycles. The summed E-state index contributed by atoms with van der Waals surface area (Å²) in [6.45, 7) is 5.58. The van der Waals surface area contributed by atoms with E-state index in [1.807, 2.05) is 56.3 Å². The highest BCUT2D eigenvalue weighted by atomic mass is 16.6. The summed E-state index contributed by atoms with van der Waals surface area (Å²) in [7, 11) is 0. The molecule has 3 aromatic carbocycles. The summed E-state index contributed by atoms with van der Waals surface area (Å²) < 4.78 is 16.5. The Bertz CT molecular complexity index is 1430. The minimum atomic E-state index is -0.915. The number of hydrogen-bond donors (Lipinski definition) is 1. The molecule has 0 aliphatic heterocycles. The fourth-order valence-corrected chi connectivity index (χ4v) is 3.90. The number of amides is 1. The van der Waals surface area contributed by atoms with Crippen molar-refractivity contribution in [3.05, 3.63) is 88.3 Å². The predicted octanol–water partition coefficient (Wildman–Crippen LogP) is 5.50. The second-order valence-corrected chi connectivity index (χ2v) is 8.49. The zero-order valence-corrected chi connectivity index (χ0v) is 19.9. The predicted molar refractivity (Wildman–Crippen MR) is 133 cm³/mol. The molecule has 7 nitrogen and oxygen atoms in total. The molecule has 35 heavy (non-hydrogen) atoms. The Morgan fingerprint density at radius 1 is 0.943 bits per heavy atom. The summed E-state index contributed by atoms with van der Waals surface area (Å²) in [4.78, 5) is 38.0. The van der Waals surface area contributed by atoms with E-state index in [9.17, 15) is 14.4 Å². The number of ether oxygens (including phenoxy) is 2. The molecule has 180 valence electrons. The molecule has 0 aliphatic rings. The molecule has 1 N–H and O–H groups in total. The number of carbonyl (C=O) groups excluding carboxylic acids is 2. The first kappa shape index (κ1) is 24.0. The molecule has 0 radical (unpaired) electrons. The van der Waals surface area contributed by atoms with Gasteiger partial charge in [0.1, 0.15) is 24.0 Å². The van der Waals surface area contributed by atoms with Gasteiger partial charge in [0.15, 0.2) is 0 Å². The van der Waals surface area contributed by atoms with Gasteiger partial charge in [0.2, 0.25) is 0 Å². The van der Waals surface area contributed by atoms with Crippen molar-refractivity contribution in [1.82, 2.24) is 5.32 Å². The lowest BCUT2D eigenvalue weighted by atomic mass is 9.99. The average Bonchev–Trinajstić information content (AvgIpc) is 2.88. The molecule has 0 bridgehead atoms. The Balaban J connectivity index is 1.55. The number of rotatable bonds is 7. The van der Waals surface area contributed by atoms with Gasteiger partial charge in [-0.3, -0.25) is 0 Å². The van der Waals surface area contributed by atoms with Gasteiger partial charge >= 0.3 is 17.7 Å². The van der Waals surface area contributed by atoms with Crippen LogP contribution < -0.4 is 15.7 Å². The fraction of sp³-hybridized carbons (Fsp3) is 0.250. The summed E-state index contributed by atoms with van der Waals surface area (Å²) in [5.41, 5.74) is 1.26. The molecule has 2 unspecified atom stereocenters. The van der Waals surface area contributed by atoms with Crippen LogP contribution in [0.1, 0.15) is 31.4 Å². The first-order valence-electron chi connectivity index (χ1n) is 11.5. The Hall–Kier alpha value is -4.13. The standard InChI is InChI=1S/C28H27NO6/c1-4-17(2)24(29-28(32)33-16-19-10-6-5-7-11-19)27(31)34-23-15-14-21-20-12-8-9-13-22(20)26(30)35-25(21)18(23)3/h5-15,17,24H,4,16H2,1-3H3,(H,29,32). The second kappa shape index (κ2) is 10.4. The topological polar surface area (TPSA) is 94.8 Å². The third kappa shape index (κ3) is 5.19. The number of nitrogens with one attached hydrogen (secondary N) is 1. The first-order chi connectivity index (χ1) is 16.9. The monoisotopic (exact) mass is 473 g/mol. The van der Waals surface area contributed by atoms with Crippen LogP contribution in [-0.2, 0) is 16.1 Å². The lowest BCUT2D eigenvalue weighted by molar-refractivity contribution is -0.138. The number of hydrogen-bond acceptors (Lipinski definition) is 6. The quantitative estimate of drug-likeness (QED) is 0.165. The third-order valence-electron chi connectivity index (χ3n) is 6.15. The van der Waals surface area contributed by atoms with E-state index in [-0.39, 0.29) is 18.3 Å². The molecule has 4 rings (SSSR count). The largest absolute Gasteiger partial charge is 0.445 e. The van der Waals surface area contributed by atoms with Gasteiger partial charge in [-0.2, -0.15) is 0 Å². The third-order valence-corrected chi connectivity index (χ3v) is 6.15. The van der Waals surface area contributed by atoms with Crippen molar-refractivity contribution in [2.45, 2.75) is 39.8 Å². The first-order valence-corrected chi connectivity index (χ1v) is 11.5. The Labute approximate surface area is 202 Å². The van der Waals surface area contributed by atoms with E-state index in [0.717, 1.165) is 16.3 Å². The van der Waals surface area contributed by atoms with Gasteiger partial charge in [0.05, 0.1) is 5.39 Å². The summed E-state index contributed by atoms with van der Waals surface area (Å²) in [5.74, 6) is -0.565. The van der Waals surface area contributed by atoms with E-state index < -0.39 is 23.7 Å². The molecule has 1 amide bonds. The molecule has 0 saturated carbocycles. The summed E-state index contributed by atoms with van der Waals surface area (Å²) in [5, 5.41) is 4.64. The van der Waals surface area contributed by atoms with Crippen LogP contribution in [0.25, 0.3) is 21.7 Å². The maximum atomic E-state index is 13.1. The normalized spacial score (nSPS) is 12.8. The Morgan fingerprint density at radius 3 is 2.34 bits per heavy atom. The van der Waals surface area contributed by atoms with Crippen molar-refractivity contribution < 1.29 is 23.5 Å². The fourth-order valence-electron chi connectivity index (χ4n) is 3.90. The van der Waals surface area contributed by atoms with Crippen LogP contribution >= 0.6 is 0 Å². The lowest BCUT2D eigenvalue weighted by Crippen LogP contribution is -2.47. The van der Waals surface area contributed by atoms with Gasteiger partial charge in [0.25, 0.3) is 0 Å². The van der Waals surface area contributed by atoms with Crippen molar-refractivity contribution >= 4 is 33.8 Å². The van der Waals surface area contributed by atoms with Crippen LogP contribution in [-0.4, -0.2) is 18.1 Å². The number of aryl methyl sites for hydroxylation is 1. The number of benzene rings is 3. The van der Waals surface area contributed by atoms with E-state index in [1.165, 1.54) is 0 Å². The number of fused-ring (bicyclic) bond motifs is 3. The van der Waals surface area contributed by atoms with E-state index in [4.69, 9.17) is 13.9 Å². The van der Waals surface area contributed by atoms with Crippen LogP contribution in [0.15, 0.2) is 75.9 Å². The maximum absolute atomic E-state index is 13.1. The van der Waals surface area contributed by atoms with Gasteiger partial charge in [-0.25, -0.2) is 14.4 Å². The lowest BCUT2D eigenvalue weighted by Gasteiger charge is -2.22. The molecule has 0 saturated heterocycles. The highest BCUT2D eigenvalue weighted by Gasteiger charge is 2.29. The number of carbonyl (C=O) groups is 2. The van der Waals surface area contributed by atoms with E-state index in [2.05, 4.69) is 5.32 Å². The minimum Gasteiger partial charge on any atom is -0.445 e. The van der Waals surface area contributed by atoms with Gasteiger partial charge in [-0.1, -0.05) is 68.8 Å². The van der Waals surface area contributed by atoms with Crippen LogP contribution in [0.5, 0.6) is 5.75 Å². The maximum Gasteiger partial charge on any atom is 0.408 e. The van der Waals surface area contributed by atoms with Gasteiger partial charge in [-0.15, -0.1) is 0 Å². The molecule has 2 atom stereocenters. The van der Waals surface area contributed by atoms with Crippen LogP contribution in [0.2, 0.25) is 0 Å². The zero-order chi connectivity index (χ0) is 24.9. The minimum absolute atomic E-state index is 0.0890. The molecule has 1 heterocycles. The zero-order valence-electron chi connectivity index (χ0n) is 19.9. The van der Waals surface area contributed by atoms with Crippen molar-refractivity contribution in [1.29, 1.82) is 0 Å². The summed E-state index contributed by atoms with van der Waals surface area (Å²) in [6.07, 6.45) is -0.0696. The van der Waals surface area contributed by atoms with Crippen LogP contribution in [0, 0.1) is 12.8 Å². The Kier molecular flexibility index (Phi) is 7.15. The van der Waals surface area contributed by atoms with Gasteiger partial charge in [0, 0.05) is 10.9 Å². The SMILES string of the molecule is CCC(C)C(NC(=O)OCc1ccccc1)C(=O)Oc1ccc2c(oc(=O)c3ccccc32)c1C. The second-order valence-electron chi connectivity index (χ2n) is 8.49. The molecule has 0 aliphatic carbocycles. The average molecular weight is 474 g/mol. The summed E-state index contributed by atoms with van der Waals surface area (Å²) in [6, 6.07) is 19.0. The highest BCUT2D eigenvalue weighted by Crippen LogP contribution is 2.31. The molecule has 4 aromatic rings. The molecular weight excluding hydrogens is 446 g/mol. The van der Waals surface area contributed by atoms with Crippen LogP contribution in [0.4, 0.5) is 4.79 Å². The Morgan fingerprint density at radius 2 is 1.63 bits per heavy atom. The molecular formula is C28H27NO6. The molecule has 7 heteroatoms. The van der Waals surface area contributed by atoms with Crippen molar-refractivity contribution in [3.8, 4) is 5.75 Å². The van der Waals surface area contributed by atoms with Gasteiger partial charge in [-0.05, 0) is 42.0 Å².